The molecule has 0 N–H and O–H groups in total. The third kappa shape index (κ3) is 3.85. The molecule has 2 saturated heterocycles. The summed E-state index contributed by atoms with van der Waals surface area (Å²) in [5.41, 5.74) is 1.17. The minimum absolute atomic E-state index is 0.0436. The van der Waals surface area contributed by atoms with Crippen molar-refractivity contribution in [2.24, 2.45) is 11.8 Å². The number of ether oxygens (including phenoxy) is 2. The van der Waals surface area contributed by atoms with Crippen molar-refractivity contribution < 1.29 is 19.1 Å². The quantitative estimate of drug-likeness (QED) is 0.668. The minimum Gasteiger partial charge on any atom is -0.494 e. The fourth-order valence-corrected chi connectivity index (χ4v) is 3.60. The topological polar surface area (TPSA) is 59.1 Å². The van der Waals surface area contributed by atoms with Crippen molar-refractivity contribution in [1.29, 1.82) is 0 Å². The largest absolute Gasteiger partial charge is 0.494 e. The summed E-state index contributed by atoms with van der Waals surface area (Å²) in [6.45, 7) is 5.60. The van der Waals surface area contributed by atoms with Crippen LogP contribution in [0.25, 0.3) is 0 Å². The van der Waals surface area contributed by atoms with Crippen LogP contribution in [0.5, 0.6) is 5.75 Å². The van der Waals surface area contributed by atoms with Gasteiger partial charge in [-0.25, -0.2) is 0 Å². The molecule has 2 amide bonds. The Morgan fingerprint density at radius 1 is 1.04 bits per heavy atom. The standard InChI is InChI=1S/C19H26N2O4/c1-3-9-25-15-6-4-14(5-7-15)11-20-12-16-17(13-20)19(23)21(18(16)22)8-10-24-2/h4-7,16-17H,3,8-13H2,1-2H3/t16-,17+. The first-order chi connectivity index (χ1) is 12.1. The highest BCUT2D eigenvalue weighted by molar-refractivity contribution is 6.05. The molecule has 6 heteroatoms. The maximum absolute atomic E-state index is 12.5. The number of amides is 2. The molecule has 136 valence electrons. The molecule has 2 aliphatic heterocycles. The normalized spacial score (nSPS) is 23.4. The van der Waals surface area contributed by atoms with Crippen LogP contribution < -0.4 is 4.74 Å². The van der Waals surface area contributed by atoms with Gasteiger partial charge in [0.1, 0.15) is 5.75 Å². The second-order valence-corrected chi connectivity index (χ2v) is 6.72. The van der Waals surface area contributed by atoms with Gasteiger partial charge in [0.05, 0.1) is 31.6 Å². The lowest BCUT2D eigenvalue weighted by molar-refractivity contribution is -0.141. The Morgan fingerprint density at radius 2 is 1.68 bits per heavy atom. The summed E-state index contributed by atoms with van der Waals surface area (Å²) in [5, 5.41) is 0. The fraction of sp³-hybridized carbons (Fsp3) is 0.579. The van der Waals surface area contributed by atoms with Crippen LogP contribution in [0, 0.1) is 11.8 Å². The highest BCUT2D eigenvalue weighted by Gasteiger charge is 2.51. The van der Waals surface area contributed by atoms with Gasteiger partial charge in [-0.1, -0.05) is 19.1 Å². The predicted molar refractivity (Wildman–Crippen MR) is 93.1 cm³/mol. The first-order valence-electron chi connectivity index (χ1n) is 8.92. The number of carbonyl (C=O) groups excluding carboxylic acids is 2. The Balaban J connectivity index is 1.56. The van der Waals surface area contributed by atoms with Crippen LogP contribution in [0.3, 0.4) is 0 Å². The van der Waals surface area contributed by atoms with E-state index in [1.165, 1.54) is 10.5 Å². The van der Waals surface area contributed by atoms with Gasteiger partial charge in [0.15, 0.2) is 0 Å². The molecule has 3 rings (SSSR count). The number of methoxy groups -OCH3 is 1. The average molecular weight is 346 g/mol. The molecule has 25 heavy (non-hydrogen) atoms. The Kier molecular flexibility index (Phi) is 5.71. The van der Waals surface area contributed by atoms with E-state index < -0.39 is 0 Å². The Labute approximate surface area is 148 Å². The molecule has 0 aliphatic carbocycles. The van der Waals surface area contributed by atoms with Crippen LogP contribution in [0.1, 0.15) is 18.9 Å². The SMILES string of the molecule is CCCOc1ccc(CN2C[C@@H]3C(=O)N(CCOC)C(=O)[C@@H]3C2)cc1. The van der Waals surface area contributed by atoms with Crippen LogP contribution in [-0.2, 0) is 20.9 Å². The Bertz CT molecular complexity index is 592. The Morgan fingerprint density at radius 3 is 2.24 bits per heavy atom. The summed E-state index contributed by atoms with van der Waals surface area (Å²) < 4.78 is 10.6. The highest BCUT2D eigenvalue weighted by Crippen LogP contribution is 2.34. The summed E-state index contributed by atoms with van der Waals surface area (Å²) in [5.74, 6) is 0.395. The summed E-state index contributed by atoms with van der Waals surface area (Å²) in [7, 11) is 1.58. The Hall–Kier alpha value is -1.92. The number of likely N-dealkylation sites (tertiary alicyclic amines) is 2. The molecule has 0 spiro atoms. The maximum Gasteiger partial charge on any atom is 0.234 e. The minimum atomic E-state index is -0.198. The van der Waals surface area contributed by atoms with Gasteiger partial charge in [0.25, 0.3) is 0 Å². The number of imide groups is 1. The van der Waals surface area contributed by atoms with E-state index in [9.17, 15) is 9.59 Å². The maximum atomic E-state index is 12.5. The number of hydrogen-bond acceptors (Lipinski definition) is 5. The first-order valence-corrected chi connectivity index (χ1v) is 8.92. The molecule has 0 unspecified atom stereocenters. The van der Waals surface area contributed by atoms with Crippen LogP contribution >= 0.6 is 0 Å². The van der Waals surface area contributed by atoms with Crippen molar-refractivity contribution in [2.45, 2.75) is 19.9 Å². The third-order valence-corrected chi connectivity index (χ3v) is 4.88. The predicted octanol–water partition coefficient (Wildman–Crippen LogP) is 1.54. The molecule has 1 aromatic rings. The molecule has 2 aliphatic rings. The molecule has 2 atom stereocenters. The zero-order valence-corrected chi connectivity index (χ0v) is 14.9. The second kappa shape index (κ2) is 7.97. The summed E-state index contributed by atoms with van der Waals surface area (Å²) in [6, 6.07) is 8.05. The molecule has 0 saturated carbocycles. The number of nitrogens with zero attached hydrogens (tertiary/aromatic N) is 2. The zero-order valence-electron chi connectivity index (χ0n) is 14.9. The summed E-state index contributed by atoms with van der Waals surface area (Å²) in [4.78, 5) is 28.5. The number of carbonyl (C=O) groups is 2. The van der Waals surface area contributed by atoms with E-state index >= 15 is 0 Å². The third-order valence-electron chi connectivity index (χ3n) is 4.88. The van der Waals surface area contributed by atoms with E-state index in [0.717, 1.165) is 25.3 Å². The number of benzene rings is 1. The molecule has 0 radical (unpaired) electrons. The lowest BCUT2D eigenvalue weighted by Crippen LogP contribution is -2.37. The molecule has 0 bridgehead atoms. The van der Waals surface area contributed by atoms with Crippen LogP contribution in [0.15, 0.2) is 24.3 Å². The molecule has 2 fully saturated rings. The number of fused-ring (bicyclic) bond motifs is 1. The molecule has 2 heterocycles. The van der Waals surface area contributed by atoms with Crippen molar-refractivity contribution >= 4 is 11.8 Å². The summed E-state index contributed by atoms with van der Waals surface area (Å²) in [6.07, 6.45) is 0.988. The monoisotopic (exact) mass is 346 g/mol. The first kappa shape index (κ1) is 17.9. The van der Waals surface area contributed by atoms with Crippen molar-refractivity contribution in [2.75, 3.05) is 40.0 Å². The van der Waals surface area contributed by atoms with Crippen LogP contribution in [0.2, 0.25) is 0 Å². The fourth-order valence-electron chi connectivity index (χ4n) is 3.60. The number of rotatable bonds is 8. The zero-order chi connectivity index (χ0) is 17.8. The van der Waals surface area contributed by atoms with Crippen LogP contribution in [0.4, 0.5) is 0 Å². The van der Waals surface area contributed by atoms with Crippen molar-refractivity contribution in [1.82, 2.24) is 9.80 Å². The van der Waals surface area contributed by atoms with Crippen molar-refractivity contribution in [3.63, 3.8) is 0 Å². The lowest BCUT2D eigenvalue weighted by atomic mass is 10.00. The summed E-state index contributed by atoms with van der Waals surface area (Å²) >= 11 is 0. The van der Waals surface area contributed by atoms with Gasteiger partial charge in [-0.15, -0.1) is 0 Å². The van der Waals surface area contributed by atoms with Gasteiger partial charge in [0, 0.05) is 26.7 Å². The van der Waals surface area contributed by atoms with E-state index in [1.807, 2.05) is 24.3 Å². The van der Waals surface area contributed by atoms with E-state index in [4.69, 9.17) is 9.47 Å². The molecular weight excluding hydrogens is 320 g/mol. The average Bonchev–Trinajstić information content (AvgIpc) is 3.12. The van der Waals surface area contributed by atoms with Crippen molar-refractivity contribution in [3.8, 4) is 5.75 Å². The molecule has 6 nitrogen and oxygen atoms in total. The van der Waals surface area contributed by atoms with Gasteiger partial charge >= 0.3 is 0 Å². The van der Waals surface area contributed by atoms with Crippen molar-refractivity contribution in [3.05, 3.63) is 29.8 Å². The van der Waals surface area contributed by atoms with Gasteiger partial charge in [-0.2, -0.15) is 0 Å². The smallest absolute Gasteiger partial charge is 0.234 e. The second-order valence-electron chi connectivity index (χ2n) is 6.72. The van der Waals surface area contributed by atoms with Gasteiger partial charge in [-0.05, 0) is 24.1 Å². The highest BCUT2D eigenvalue weighted by atomic mass is 16.5. The van der Waals surface area contributed by atoms with E-state index in [1.54, 1.807) is 7.11 Å². The van der Waals surface area contributed by atoms with Gasteiger partial charge in [-0.3, -0.25) is 19.4 Å². The molecule has 0 aromatic heterocycles. The van der Waals surface area contributed by atoms with E-state index in [-0.39, 0.29) is 23.7 Å². The lowest BCUT2D eigenvalue weighted by Gasteiger charge is -2.20. The molecule has 1 aromatic carbocycles. The van der Waals surface area contributed by atoms with E-state index in [0.29, 0.717) is 26.2 Å². The molecular formula is C19H26N2O4. The van der Waals surface area contributed by atoms with Gasteiger partial charge < -0.3 is 9.47 Å². The van der Waals surface area contributed by atoms with Crippen LogP contribution in [-0.4, -0.2) is 61.6 Å². The number of hydrogen-bond donors (Lipinski definition) is 0. The van der Waals surface area contributed by atoms with Gasteiger partial charge in [0.2, 0.25) is 11.8 Å². The van der Waals surface area contributed by atoms with E-state index in [2.05, 4.69) is 11.8 Å².